The number of hydrogen-bond acceptors (Lipinski definition) is 4. The number of aliphatic hydroxyl groups is 1. The summed E-state index contributed by atoms with van der Waals surface area (Å²) in [6.45, 7) is 5.93. The second kappa shape index (κ2) is 6.33. The Hall–Kier alpha value is -0.650. The molecular weight excluding hydrogens is 220 g/mol. The van der Waals surface area contributed by atoms with Gasteiger partial charge in [-0.1, -0.05) is 26.7 Å². The van der Waals surface area contributed by atoms with E-state index in [4.69, 9.17) is 5.11 Å². The lowest BCUT2D eigenvalue weighted by atomic mass is 9.87. The normalized spacial score (nSPS) is 20.0. The van der Waals surface area contributed by atoms with Crippen LogP contribution in [0, 0.1) is 5.92 Å². The summed E-state index contributed by atoms with van der Waals surface area (Å²) in [5.74, 6) is -0.506. The Morgan fingerprint density at radius 1 is 1.41 bits per heavy atom. The molecule has 0 radical (unpaired) electrons. The fourth-order valence-corrected chi connectivity index (χ4v) is 2.35. The van der Waals surface area contributed by atoms with Crippen LogP contribution in [0.25, 0.3) is 0 Å². The van der Waals surface area contributed by atoms with Gasteiger partial charge in [0.2, 0.25) is 0 Å². The number of carboxylic acids is 1. The van der Waals surface area contributed by atoms with Gasteiger partial charge in [0.15, 0.2) is 0 Å². The Labute approximate surface area is 103 Å². The van der Waals surface area contributed by atoms with Gasteiger partial charge in [-0.15, -0.1) is 0 Å². The van der Waals surface area contributed by atoms with E-state index in [1.54, 1.807) is 0 Å². The van der Waals surface area contributed by atoms with E-state index in [0.29, 0.717) is 19.6 Å². The van der Waals surface area contributed by atoms with Crippen LogP contribution < -0.4 is 10.6 Å². The van der Waals surface area contributed by atoms with Gasteiger partial charge in [-0.2, -0.15) is 0 Å². The number of β-amino-alcohol motifs (C(OH)–C–C–N with tert-alkyl or cyclic N) is 1. The molecule has 1 saturated heterocycles. The quantitative estimate of drug-likeness (QED) is 0.490. The Morgan fingerprint density at radius 3 is 2.35 bits per heavy atom. The van der Waals surface area contributed by atoms with E-state index in [1.165, 1.54) is 0 Å². The molecule has 1 aliphatic rings. The Balaban J connectivity index is 2.39. The Morgan fingerprint density at radius 2 is 2.00 bits per heavy atom. The molecule has 0 aliphatic carbocycles. The maximum atomic E-state index is 10.8. The topological polar surface area (TPSA) is 81.6 Å². The molecule has 0 aromatic rings. The predicted molar refractivity (Wildman–Crippen MR) is 65.9 cm³/mol. The third-order valence-electron chi connectivity index (χ3n) is 3.70. The Bertz CT molecular complexity index is 250. The van der Waals surface area contributed by atoms with Crippen molar-refractivity contribution in [3.05, 3.63) is 0 Å². The number of nitrogens with one attached hydrogen (secondary N) is 2. The molecule has 0 aromatic carbocycles. The minimum Gasteiger partial charge on any atom is -0.481 e. The SMILES string of the molecule is CCC(CC)C(O)CNC1(CC(=O)O)CNC1. The lowest BCUT2D eigenvalue weighted by Gasteiger charge is -2.43. The highest BCUT2D eigenvalue weighted by molar-refractivity contribution is 5.68. The third kappa shape index (κ3) is 3.94. The van der Waals surface area contributed by atoms with Crippen molar-refractivity contribution in [2.75, 3.05) is 19.6 Å². The zero-order chi connectivity index (χ0) is 12.9. The summed E-state index contributed by atoms with van der Waals surface area (Å²) in [7, 11) is 0. The fraction of sp³-hybridized carbons (Fsp3) is 0.917. The molecule has 1 aliphatic heterocycles. The maximum Gasteiger partial charge on any atom is 0.305 e. The lowest BCUT2D eigenvalue weighted by molar-refractivity contribution is -0.139. The summed E-state index contributed by atoms with van der Waals surface area (Å²) < 4.78 is 0. The predicted octanol–water partition coefficient (Wildman–Crippen LogP) is 0.190. The molecule has 0 amide bonds. The molecule has 17 heavy (non-hydrogen) atoms. The number of aliphatic carboxylic acids is 1. The van der Waals surface area contributed by atoms with Crippen LogP contribution in [0.15, 0.2) is 0 Å². The van der Waals surface area contributed by atoms with E-state index in [0.717, 1.165) is 12.8 Å². The lowest BCUT2D eigenvalue weighted by Crippen LogP contribution is -2.69. The van der Waals surface area contributed by atoms with Gasteiger partial charge in [0.05, 0.1) is 18.1 Å². The first-order valence-electron chi connectivity index (χ1n) is 6.38. The molecule has 5 heteroatoms. The second-order valence-corrected chi connectivity index (χ2v) is 4.98. The number of carboxylic acid groups (broad SMARTS) is 1. The van der Waals surface area contributed by atoms with Crippen molar-refractivity contribution in [1.82, 2.24) is 10.6 Å². The van der Waals surface area contributed by atoms with E-state index in [-0.39, 0.29) is 17.9 Å². The average molecular weight is 244 g/mol. The number of carbonyl (C=O) groups is 1. The van der Waals surface area contributed by atoms with Crippen LogP contribution in [-0.4, -0.2) is 47.5 Å². The van der Waals surface area contributed by atoms with Crippen LogP contribution in [0.2, 0.25) is 0 Å². The highest BCUT2D eigenvalue weighted by Crippen LogP contribution is 2.18. The van der Waals surface area contributed by atoms with Crippen LogP contribution in [0.3, 0.4) is 0 Å². The number of hydrogen-bond donors (Lipinski definition) is 4. The zero-order valence-electron chi connectivity index (χ0n) is 10.7. The smallest absolute Gasteiger partial charge is 0.305 e. The van der Waals surface area contributed by atoms with Gasteiger partial charge in [-0.3, -0.25) is 4.79 Å². The minimum atomic E-state index is -0.795. The summed E-state index contributed by atoms with van der Waals surface area (Å²) in [6.07, 6.45) is 1.61. The molecule has 0 aromatic heterocycles. The molecule has 0 saturated carbocycles. The van der Waals surface area contributed by atoms with E-state index < -0.39 is 12.1 Å². The molecule has 0 spiro atoms. The molecule has 1 atom stereocenters. The largest absolute Gasteiger partial charge is 0.481 e. The summed E-state index contributed by atoms with van der Waals surface area (Å²) in [4.78, 5) is 10.8. The Kier molecular flexibility index (Phi) is 5.36. The van der Waals surface area contributed by atoms with Gasteiger partial charge < -0.3 is 20.8 Å². The molecule has 1 rings (SSSR count). The standard InChI is InChI=1S/C12H24N2O3/c1-3-9(4-2)10(15)6-14-12(5-11(16)17)7-13-8-12/h9-10,13-15H,3-8H2,1-2H3,(H,16,17). The van der Waals surface area contributed by atoms with Gasteiger partial charge in [0.1, 0.15) is 0 Å². The van der Waals surface area contributed by atoms with Crippen molar-refractivity contribution in [2.45, 2.75) is 44.8 Å². The minimum absolute atomic E-state index is 0.107. The van der Waals surface area contributed by atoms with Crippen LogP contribution in [0.5, 0.6) is 0 Å². The monoisotopic (exact) mass is 244 g/mol. The van der Waals surface area contributed by atoms with Crippen molar-refractivity contribution >= 4 is 5.97 Å². The van der Waals surface area contributed by atoms with Crippen molar-refractivity contribution in [2.24, 2.45) is 5.92 Å². The van der Waals surface area contributed by atoms with Crippen LogP contribution >= 0.6 is 0 Å². The van der Waals surface area contributed by atoms with Gasteiger partial charge in [-0.05, 0) is 5.92 Å². The third-order valence-corrected chi connectivity index (χ3v) is 3.70. The molecule has 5 nitrogen and oxygen atoms in total. The van der Waals surface area contributed by atoms with Gasteiger partial charge in [-0.25, -0.2) is 0 Å². The summed E-state index contributed by atoms with van der Waals surface area (Å²) in [5.41, 5.74) is -0.362. The van der Waals surface area contributed by atoms with Gasteiger partial charge in [0.25, 0.3) is 0 Å². The molecule has 0 bridgehead atoms. The fourth-order valence-electron chi connectivity index (χ4n) is 2.35. The first-order valence-corrected chi connectivity index (χ1v) is 6.38. The van der Waals surface area contributed by atoms with Crippen molar-refractivity contribution < 1.29 is 15.0 Å². The van der Waals surface area contributed by atoms with Crippen molar-refractivity contribution in [1.29, 1.82) is 0 Å². The molecule has 1 unspecified atom stereocenters. The van der Waals surface area contributed by atoms with E-state index >= 15 is 0 Å². The molecule has 4 N–H and O–H groups in total. The number of aliphatic hydroxyl groups excluding tert-OH is 1. The van der Waals surface area contributed by atoms with Crippen LogP contribution in [0.1, 0.15) is 33.1 Å². The van der Waals surface area contributed by atoms with Crippen LogP contribution in [-0.2, 0) is 4.79 Å². The van der Waals surface area contributed by atoms with E-state index in [1.807, 2.05) is 0 Å². The summed E-state index contributed by atoms with van der Waals surface area (Å²) >= 11 is 0. The maximum absolute atomic E-state index is 10.8. The van der Waals surface area contributed by atoms with Crippen molar-refractivity contribution in [3.63, 3.8) is 0 Å². The summed E-state index contributed by atoms with van der Waals surface area (Å²) in [6, 6.07) is 0. The second-order valence-electron chi connectivity index (χ2n) is 4.98. The summed E-state index contributed by atoms with van der Waals surface area (Å²) in [5, 5.41) is 25.1. The van der Waals surface area contributed by atoms with Gasteiger partial charge >= 0.3 is 5.97 Å². The number of rotatable bonds is 8. The molecule has 1 fully saturated rings. The van der Waals surface area contributed by atoms with E-state index in [9.17, 15) is 9.90 Å². The van der Waals surface area contributed by atoms with Crippen molar-refractivity contribution in [3.8, 4) is 0 Å². The average Bonchev–Trinajstić information content (AvgIpc) is 2.23. The highest BCUT2D eigenvalue weighted by Gasteiger charge is 2.39. The van der Waals surface area contributed by atoms with E-state index in [2.05, 4.69) is 24.5 Å². The van der Waals surface area contributed by atoms with Gasteiger partial charge in [0, 0.05) is 19.6 Å². The van der Waals surface area contributed by atoms with Crippen LogP contribution in [0.4, 0.5) is 0 Å². The first-order chi connectivity index (χ1) is 8.03. The zero-order valence-corrected chi connectivity index (χ0v) is 10.7. The molecule has 1 heterocycles. The highest BCUT2D eigenvalue weighted by atomic mass is 16.4. The first kappa shape index (κ1) is 14.4. The molecule has 100 valence electrons. The molecular formula is C12H24N2O3.